The van der Waals surface area contributed by atoms with Gasteiger partial charge in [0.2, 0.25) is 5.91 Å². The minimum atomic E-state index is -0.265. The van der Waals surface area contributed by atoms with E-state index in [2.05, 4.69) is 17.9 Å². The maximum atomic E-state index is 12.8. The van der Waals surface area contributed by atoms with Gasteiger partial charge >= 0.3 is 0 Å². The van der Waals surface area contributed by atoms with E-state index in [1.165, 1.54) is 12.1 Å². The summed E-state index contributed by atoms with van der Waals surface area (Å²) in [6, 6.07) is 6.24. The fourth-order valence-corrected chi connectivity index (χ4v) is 2.97. The number of thioether (sulfide) groups is 1. The van der Waals surface area contributed by atoms with Gasteiger partial charge in [0.05, 0.1) is 5.37 Å². The summed E-state index contributed by atoms with van der Waals surface area (Å²) < 4.78 is 12.8. The third-order valence-electron chi connectivity index (χ3n) is 3.04. The van der Waals surface area contributed by atoms with E-state index < -0.39 is 0 Å². The van der Waals surface area contributed by atoms with Gasteiger partial charge in [-0.15, -0.1) is 11.8 Å². The Labute approximate surface area is 135 Å². The Bertz CT molecular complexity index is 428. The molecule has 21 heavy (non-hydrogen) atoms. The Morgan fingerprint density at radius 3 is 2.67 bits per heavy atom. The average Bonchev–Trinajstić information content (AvgIpc) is 2.45. The van der Waals surface area contributed by atoms with E-state index in [0.717, 1.165) is 12.0 Å². The molecule has 0 spiro atoms. The second kappa shape index (κ2) is 10.1. The van der Waals surface area contributed by atoms with Crippen LogP contribution in [-0.4, -0.2) is 34.5 Å². The third kappa shape index (κ3) is 7.74. The van der Waals surface area contributed by atoms with Gasteiger partial charge in [-0.25, -0.2) is 4.39 Å². The quantitative estimate of drug-likeness (QED) is 0.482. The number of benzene rings is 1. The predicted octanol–water partition coefficient (Wildman–Crippen LogP) is 2.63. The molecule has 2 unspecified atom stereocenters. The van der Waals surface area contributed by atoms with Crippen LogP contribution in [0.25, 0.3) is 0 Å². The number of rotatable bonds is 9. The number of aliphatic hydroxyl groups excluding tert-OH is 1. The zero-order chi connectivity index (χ0) is 15.7. The van der Waals surface area contributed by atoms with E-state index in [4.69, 9.17) is 5.11 Å². The van der Waals surface area contributed by atoms with Crippen LogP contribution in [0.5, 0.6) is 0 Å². The summed E-state index contributed by atoms with van der Waals surface area (Å²) in [5, 5.41) is 11.7. The molecule has 1 aromatic carbocycles. The largest absolute Gasteiger partial charge is 0.396 e. The normalized spacial score (nSPS) is 13.7. The Morgan fingerprint density at radius 2 is 2.10 bits per heavy atom. The lowest BCUT2D eigenvalue weighted by atomic mass is 10.1. The summed E-state index contributed by atoms with van der Waals surface area (Å²) in [6.45, 7) is 0.132. The van der Waals surface area contributed by atoms with Crippen LogP contribution in [0.15, 0.2) is 24.3 Å². The van der Waals surface area contributed by atoms with Gasteiger partial charge in [-0.1, -0.05) is 12.1 Å². The zero-order valence-electron chi connectivity index (χ0n) is 12.1. The highest BCUT2D eigenvalue weighted by molar-refractivity contribution is 7.99. The van der Waals surface area contributed by atoms with Crippen LogP contribution in [0, 0.1) is 5.82 Å². The van der Waals surface area contributed by atoms with Crippen LogP contribution >= 0.6 is 24.4 Å². The molecule has 0 heterocycles. The summed E-state index contributed by atoms with van der Waals surface area (Å²) in [7, 11) is 0. The lowest BCUT2D eigenvalue weighted by Gasteiger charge is -2.17. The molecule has 2 atom stereocenters. The fraction of sp³-hybridized carbons (Fsp3) is 0.533. The van der Waals surface area contributed by atoms with E-state index in [-0.39, 0.29) is 29.0 Å². The lowest BCUT2D eigenvalue weighted by Crippen LogP contribution is -2.34. The fourth-order valence-electron chi connectivity index (χ4n) is 1.94. The van der Waals surface area contributed by atoms with E-state index in [0.29, 0.717) is 19.3 Å². The molecular formula is C15H22FNO2S2. The van der Waals surface area contributed by atoms with Gasteiger partial charge in [0.15, 0.2) is 0 Å². The summed E-state index contributed by atoms with van der Waals surface area (Å²) in [4.78, 5) is 11.9. The van der Waals surface area contributed by atoms with Crippen molar-refractivity contribution in [1.82, 2.24) is 5.32 Å². The van der Waals surface area contributed by atoms with Crippen LogP contribution in [0.1, 0.15) is 24.8 Å². The van der Waals surface area contributed by atoms with Crippen LogP contribution in [0.3, 0.4) is 0 Å². The van der Waals surface area contributed by atoms with Crippen molar-refractivity contribution in [1.29, 1.82) is 0 Å². The Kier molecular flexibility index (Phi) is 8.80. The number of carbonyl (C=O) groups excluding carboxylic acids is 1. The van der Waals surface area contributed by atoms with Gasteiger partial charge in [-0.3, -0.25) is 4.79 Å². The molecule has 6 heteroatoms. The van der Waals surface area contributed by atoms with Crippen molar-refractivity contribution in [2.45, 2.75) is 36.3 Å². The molecule has 0 aromatic heterocycles. The highest BCUT2D eigenvalue weighted by atomic mass is 32.2. The highest BCUT2D eigenvalue weighted by Crippen LogP contribution is 2.14. The average molecular weight is 331 g/mol. The predicted molar refractivity (Wildman–Crippen MR) is 89.3 cm³/mol. The van der Waals surface area contributed by atoms with Crippen molar-refractivity contribution >= 4 is 30.3 Å². The summed E-state index contributed by atoms with van der Waals surface area (Å²) in [5.74, 6) is -0.312. The lowest BCUT2D eigenvalue weighted by molar-refractivity contribution is -0.121. The van der Waals surface area contributed by atoms with Crippen molar-refractivity contribution in [3.8, 4) is 0 Å². The maximum Gasteiger partial charge on any atom is 0.221 e. The van der Waals surface area contributed by atoms with Crippen molar-refractivity contribution in [2.75, 3.05) is 12.9 Å². The molecule has 1 aromatic rings. The van der Waals surface area contributed by atoms with Crippen molar-refractivity contribution in [2.24, 2.45) is 0 Å². The topological polar surface area (TPSA) is 49.3 Å². The maximum absolute atomic E-state index is 12.8. The van der Waals surface area contributed by atoms with E-state index in [1.54, 1.807) is 23.9 Å². The number of nitrogens with one attached hydrogen (secondary N) is 1. The first-order chi connectivity index (χ1) is 10.0. The number of halogens is 1. The molecule has 0 bridgehead atoms. The second-order valence-corrected chi connectivity index (χ2v) is 6.62. The summed E-state index contributed by atoms with van der Waals surface area (Å²) >= 11 is 5.99. The molecular weight excluding hydrogens is 309 g/mol. The van der Waals surface area contributed by atoms with Crippen LogP contribution < -0.4 is 5.32 Å². The molecule has 0 saturated heterocycles. The summed E-state index contributed by atoms with van der Waals surface area (Å²) in [5.41, 5.74) is 0.964. The van der Waals surface area contributed by atoms with Gasteiger partial charge in [0, 0.05) is 18.3 Å². The first kappa shape index (κ1) is 18.3. The number of aliphatic hydroxyl groups is 1. The van der Waals surface area contributed by atoms with E-state index in [9.17, 15) is 9.18 Å². The Hall–Kier alpha value is -0.720. The Morgan fingerprint density at radius 1 is 1.43 bits per heavy atom. The molecule has 0 saturated carbocycles. The molecule has 0 aliphatic rings. The monoisotopic (exact) mass is 331 g/mol. The molecule has 118 valence electrons. The van der Waals surface area contributed by atoms with Gasteiger partial charge in [-0.05, 0) is 43.2 Å². The number of amides is 1. The van der Waals surface area contributed by atoms with Crippen molar-refractivity contribution in [3.63, 3.8) is 0 Å². The minimum absolute atomic E-state index is 0.0241. The van der Waals surface area contributed by atoms with E-state index in [1.807, 2.05) is 6.26 Å². The number of thiol groups is 1. The smallest absolute Gasteiger partial charge is 0.221 e. The number of hydrogen-bond donors (Lipinski definition) is 3. The number of hydrogen-bond acceptors (Lipinski definition) is 4. The second-order valence-electron chi connectivity index (χ2n) is 4.85. The minimum Gasteiger partial charge on any atom is -0.396 e. The van der Waals surface area contributed by atoms with E-state index >= 15 is 0 Å². The van der Waals surface area contributed by atoms with Crippen molar-refractivity contribution in [3.05, 3.63) is 35.6 Å². The molecule has 0 fully saturated rings. The van der Waals surface area contributed by atoms with Gasteiger partial charge in [0.1, 0.15) is 5.82 Å². The SMILES string of the molecule is CSC(CCCO)NC(=O)CC(S)Cc1ccc(F)cc1. The standard InChI is InChI=1S/C15H22FNO2S2/c1-21-15(3-2-8-18)17-14(19)10-13(20)9-11-4-6-12(16)7-5-11/h4-7,13,15,18,20H,2-3,8-10H2,1H3,(H,17,19). The molecule has 1 rings (SSSR count). The van der Waals surface area contributed by atoms with Crippen LogP contribution in [0.4, 0.5) is 4.39 Å². The third-order valence-corrected chi connectivity index (χ3v) is 4.32. The highest BCUT2D eigenvalue weighted by Gasteiger charge is 2.14. The zero-order valence-corrected chi connectivity index (χ0v) is 13.8. The number of carbonyl (C=O) groups is 1. The van der Waals surface area contributed by atoms with Gasteiger partial charge in [0.25, 0.3) is 0 Å². The van der Waals surface area contributed by atoms with Crippen molar-refractivity contribution < 1.29 is 14.3 Å². The molecule has 3 nitrogen and oxygen atoms in total. The Balaban J connectivity index is 2.37. The molecule has 0 aliphatic carbocycles. The van der Waals surface area contributed by atoms with Crippen LogP contribution in [-0.2, 0) is 11.2 Å². The molecule has 0 radical (unpaired) electrons. The molecule has 0 aliphatic heterocycles. The molecule has 2 N–H and O–H groups in total. The van der Waals surface area contributed by atoms with Crippen LogP contribution in [0.2, 0.25) is 0 Å². The summed E-state index contributed by atoms with van der Waals surface area (Å²) in [6.07, 6.45) is 4.29. The molecule has 1 amide bonds. The first-order valence-corrected chi connectivity index (χ1v) is 8.71. The van der Waals surface area contributed by atoms with Gasteiger partial charge in [-0.2, -0.15) is 12.6 Å². The first-order valence-electron chi connectivity index (χ1n) is 6.90. The van der Waals surface area contributed by atoms with Gasteiger partial charge < -0.3 is 10.4 Å².